The SMILES string of the molecule is O=C(CCCCCCc1cn(-c2ccc(Oc3ccccc3)cc2)nn1)NO. The number of nitrogens with zero attached hydrogens (tertiary/aromatic N) is 3. The van der Waals surface area contributed by atoms with Crippen molar-refractivity contribution in [2.75, 3.05) is 0 Å². The van der Waals surface area contributed by atoms with E-state index in [4.69, 9.17) is 9.94 Å². The summed E-state index contributed by atoms with van der Waals surface area (Å²) in [7, 11) is 0. The zero-order valence-electron chi connectivity index (χ0n) is 15.6. The highest BCUT2D eigenvalue weighted by Gasteiger charge is 2.05. The first-order valence-corrected chi connectivity index (χ1v) is 9.42. The smallest absolute Gasteiger partial charge is 0.243 e. The van der Waals surface area contributed by atoms with Crippen molar-refractivity contribution >= 4 is 5.91 Å². The topological polar surface area (TPSA) is 89.3 Å². The van der Waals surface area contributed by atoms with Crippen LogP contribution >= 0.6 is 0 Å². The van der Waals surface area contributed by atoms with Crippen molar-refractivity contribution in [1.29, 1.82) is 0 Å². The Morgan fingerprint density at radius 1 is 0.964 bits per heavy atom. The fraction of sp³-hybridized carbons (Fsp3) is 0.286. The minimum absolute atomic E-state index is 0.330. The van der Waals surface area contributed by atoms with E-state index >= 15 is 0 Å². The molecule has 0 unspecified atom stereocenters. The van der Waals surface area contributed by atoms with Crippen LogP contribution in [0.3, 0.4) is 0 Å². The average Bonchev–Trinajstić information content (AvgIpc) is 3.20. The number of amides is 1. The number of unbranched alkanes of at least 4 members (excludes halogenated alkanes) is 3. The molecule has 0 spiro atoms. The number of benzene rings is 2. The molecule has 3 rings (SSSR count). The van der Waals surface area contributed by atoms with Crippen LogP contribution < -0.4 is 10.2 Å². The largest absolute Gasteiger partial charge is 0.457 e. The van der Waals surface area contributed by atoms with Crippen LogP contribution in [0.5, 0.6) is 11.5 Å². The number of aryl methyl sites for hydroxylation is 1. The first-order chi connectivity index (χ1) is 13.7. The summed E-state index contributed by atoms with van der Waals surface area (Å²) in [6, 6.07) is 17.4. The van der Waals surface area contributed by atoms with Crippen molar-refractivity contribution < 1.29 is 14.7 Å². The molecule has 0 aliphatic heterocycles. The van der Waals surface area contributed by atoms with Gasteiger partial charge in [0.15, 0.2) is 0 Å². The molecule has 28 heavy (non-hydrogen) atoms. The highest BCUT2D eigenvalue weighted by Crippen LogP contribution is 2.22. The Hall–Kier alpha value is -3.19. The molecule has 0 saturated heterocycles. The Balaban J connectivity index is 1.45. The molecule has 0 fully saturated rings. The van der Waals surface area contributed by atoms with Crippen molar-refractivity contribution in [3.63, 3.8) is 0 Å². The predicted molar refractivity (Wildman–Crippen MR) is 105 cm³/mol. The third-order valence-corrected chi connectivity index (χ3v) is 4.33. The molecule has 1 aromatic heterocycles. The number of para-hydroxylation sites is 1. The van der Waals surface area contributed by atoms with Crippen LogP contribution in [0.15, 0.2) is 60.8 Å². The van der Waals surface area contributed by atoms with Crippen LogP contribution in [0, 0.1) is 0 Å². The molecule has 2 N–H and O–H groups in total. The number of nitrogens with one attached hydrogen (secondary N) is 1. The summed E-state index contributed by atoms with van der Waals surface area (Å²) in [6.07, 6.45) is 6.87. The maximum Gasteiger partial charge on any atom is 0.243 e. The van der Waals surface area contributed by atoms with Gasteiger partial charge in [0.2, 0.25) is 5.91 Å². The van der Waals surface area contributed by atoms with Crippen LogP contribution in [0.25, 0.3) is 5.69 Å². The van der Waals surface area contributed by atoms with Crippen molar-refractivity contribution in [3.8, 4) is 17.2 Å². The molecule has 3 aromatic rings. The van der Waals surface area contributed by atoms with Gasteiger partial charge in [-0.3, -0.25) is 10.0 Å². The Bertz CT molecular complexity index is 863. The van der Waals surface area contributed by atoms with Gasteiger partial charge in [-0.15, -0.1) is 5.10 Å². The molecule has 0 saturated carbocycles. The van der Waals surface area contributed by atoms with Crippen LogP contribution in [-0.4, -0.2) is 26.1 Å². The minimum Gasteiger partial charge on any atom is -0.457 e. The zero-order chi connectivity index (χ0) is 19.6. The predicted octanol–water partition coefficient (Wildman–Crippen LogP) is 4.06. The van der Waals surface area contributed by atoms with Gasteiger partial charge in [-0.25, -0.2) is 10.2 Å². The molecular weight excluding hydrogens is 356 g/mol. The molecule has 7 nitrogen and oxygen atoms in total. The van der Waals surface area contributed by atoms with Gasteiger partial charge in [-0.1, -0.05) is 36.3 Å². The van der Waals surface area contributed by atoms with Crippen molar-refractivity contribution in [1.82, 2.24) is 20.5 Å². The van der Waals surface area contributed by atoms with Crippen LogP contribution in [-0.2, 0) is 11.2 Å². The van der Waals surface area contributed by atoms with Gasteiger partial charge in [-0.2, -0.15) is 0 Å². The lowest BCUT2D eigenvalue weighted by Gasteiger charge is -2.06. The Labute approximate surface area is 163 Å². The molecule has 1 amide bonds. The van der Waals surface area contributed by atoms with Gasteiger partial charge in [0.25, 0.3) is 0 Å². The summed E-state index contributed by atoms with van der Waals surface area (Å²) in [5, 5.41) is 16.9. The normalized spacial score (nSPS) is 10.6. The van der Waals surface area contributed by atoms with E-state index in [9.17, 15) is 4.79 Å². The molecule has 0 radical (unpaired) electrons. The van der Waals surface area contributed by atoms with Crippen LogP contribution in [0.2, 0.25) is 0 Å². The number of carbonyl (C=O) groups excluding carboxylic acids is 1. The van der Waals surface area contributed by atoms with E-state index in [0.717, 1.165) is 55.0 Å². The summed E-state index contributed by atoms with van der Waals surface area (Å²) in [6.45, 7) is 0. The molecule has 0 aliphatic rings. The number of rotatable bonds is 10. The summed E-state index contributed by atoms with van der Waals surface area (Å²) < 4.78 is 7.55. The fourth-order valence-corrected chi connectivity index (χ4v) is 2.83. The number of hydroxylamine groups is 1. The minimum atomic E-state index is -0.330. The number of hydrogen-bond donors (Lipinski definition) is 2. The van der Waals surface area contributed by atoms with Gasteiger partial charge in [0, 0.05) is 6.42 Å². The van der Waals surface area contributed by atoms with Crippen molar-refractivity contribution in [2.24, 2.45) is 0 Å². The Morgan fingerprint density at radius 2 is 1.68 bits per heavy atom. The molecular formula is C21H24N4O3. The average molecular weight is 380 g/mol. The van der Waals surface area contributed by atoms with Crippen molar-refractivity contribution in [3.05, 3.63) is 66.5 Å². The van der Waals surface area contributed by atoms with E-state index in [1.807, 2.05) is 60.8 Å². The lowest BCUT2D eigenvalue weighted by molar-refractivity contribution is -0.129. The molecule has 7 heteroatoms. The van der Waals surface area contributed by atoms with Crippen molar-refractivity contribution in [2.45, 2.75) is 38.5 Å². The van der Waals surface area contributed by atoms with E-state index < -0.39 is 0 Å². The first-order valence-electron chi connectivity index (χ1n) is 9.42. The second-order valence-electron chi connectivity index (χ2n) is 6.51. The second kappa shape index (κ2) is 10.2. The van der Waals surface area contributed by atoms with Gasteiger partial charge in [-0.05, 0) is 55.7 Å². The highest BCUT2D eigenvalue weighted by atomic mass is 16.5. The quantitative estimate of drug-likeness (QED) is 0.315. The maximum absolute atomic E-state index is 10.9. The standard InChI is InChI=1S/C21H24N4O3/c26-21(23-27)11-7-2-1-4-8-17-16-25(24-22-17)18-12-14-20(15-13-18)28-19-9-5-3-6-10-19/h3,5-6,9-10,12-16,27H,1-2,4,7-8,11H2,(H,23,26). The highest BCUT2D eigenvalue weighted by molar-refractivity contribution is 5.74. The summed E-state index contributed by atoms with van der Waals surface area (Å²) in [5.74, 6) is 1.24. The molecule has 0 atom stereocenters. The monoisotopic (exact) mass is 380 g/mol. The molecule has 1 heterocycles. The Kier molecular flexibility index (Phi) is 7.14. The fourth-order valence-electron chi connectivity index (χ4n) is 2.83. The van der Waals surface area contributed by atoms with E-state index in [0.29, 0.717) is 6.42 Å². The number of ether oxygens (including phenoxy) is 1. The maximum atomic E-state index is 10.9. The summed E-state index contributed by atoms with van der Waals surface area (Å²) in [5.41, 5.74) is 3.52. The number of carbonyl (C=O) groups is 1. The lowest BCUT2D eigenvalue weighted by Crippen LogP contribution is -2.17. The number of aromatic nitrogens is 3. The first kappa shape index (κ1) is 19.6. The number of hydrogen-bond acceptors (Lipinski definition) is 5. The second-order valence-corrected chi connectivity index (χ2v) is 6.51. The molecule has 2 aromatic carbocycles. The summed E-state index contributed by atoms with van der Waals surface area (Å²) in [4.78, 5) is 10.9. The van der Waals surface area contributed by atoms with Gasteiger partial charge >= 0.3 is 0 Å². The van der Waals surface area contributed by atoms with E-state index in [1.54, 1.807) is 10.2 Å². The van der Waals surface area contributed by atoms with E-state index in [1.165, 1.54) is 0 Å². The zero-order valence-corrected chi connectivity index (χ0v) is 15.6. The van der Waals surface area contributed by atoms with Gasteiger partial charge < -0.3 is 4.74 Å². The third kappa shape index (κ3) is 5.92. The van der Waals surface area contributed by atoms with Crippen LogP contribution in [0.1, 0.15) is 37.8 Å². The lowest BCUT2D eigenvalue weighted by atomic mass is 10.1. The molecule has 0 aliphatic carbocycles. The molecule has 146 valence electrons. The van der Waals surface area contributed by atoms with E-state index in [2.05, 4.69) is 10.3 Å². The molecule has 0 bridgehead atoms. The summed E-state index contributed by atoms with van der Waals surface area (Å²) >= 11 is 0. The van der Waals surface area contributed by atoms with Crippen LogP contribution in [0.4, 0.5) is 0 Å². The van der Waals surface area contributed by atoms with Gasteiger partial charge in [0.1, 0.15) is 11.5 Å². The van der Waals surface area contributed by atoms with Gasteiger partial charge in [0.05, 0.1) is 17.6 Å². The third-order valence-electron chi connectivity index (χ3n) is 4.33. The Morgan fingerprint density at radius 3 is 2.43 bits per heavy atom. The van der Waals surface area contributed by atoms with E-state index in [-0.39, 0.29) is 5.91 Å².